The van der Waals surface area contributed by atoms with Gasteiger partial charge in [0.25, 0.3) is 11.8 Å². The molecule has 1 heterocycles. The number of nitrogens with zero attached hydrogens (tertiary/aromatic N) is 3. The van der Waals surface area contributed by atoms with Crippen LogP contribution in [0.3, 0.4) is 0 Å². The van der Waals surface area contributed by atoms with Crippen molar-refractivity contribution in [3.8, 4) is 0 Å². The smallest absolute Gasteiger partial charge is 0.306 e. The van der Waals surface area contributed by atoms with Gasteiger partial charge < -0.3 is 40.7 Å². The summed E-state index contributed by atoms with van der Waals surface area (Å²) in [6.07, 6.45) is -4.36. The van der Waals surface area contributed by atoms with Crippen molar-refractivity contribution in [3.63, 3.8) is 0 Å². The Kier molecular flexibility index (Phi) is 19.8. The number of rotatable bonds is 21. The van der Waals surface area contributed by atoms with Gasteiger partial charge in [-0.3, -0.25) is 19.2 Å². The molecule has 1 aromatic heterocycles. The summed E-state index contributed by atoms with van der Waals surface area (Å²) in [6, 6.07) is 0. The average Bonchev–Trinajstić information content (AvgIpc) is 3.57. The van der Waals surface area contributed by atoms with Crippen LogP contribution in [-0.4, -0.2) is 120 Å². The predicted molar refractivity (Wildman–Crippen MR) is 222 cm³/mol. The van der Waals surface area contributed by atoms with Crippen molar-refractivity contribution in [2.24, 2.45) is 5.92 Å². The molecule has 56 heavy (non-hydrogen) atoms. The molecular weight excluding hydrogens is 1080 g/mol. The summed E-state index contributed by atoms with van der Waals surface area (Å²) in [5.41, 5.74) is -0.330. The molecule has 0 saturated carbocycles. The molecule has 6 unspecified atom stereocenters. The Labute approximate surface area is 364 Å². The van der Waals surface area contributed by atoms with E-state index in [9.17, 15) is 49.8 Å². The number of aliphatic hydroxyl groups is 6. The molecule has 7 N–H and O–H groups in total. The number of ketones is 2. The van der Waals surface area contributed by atoms with Crippen LogP contribution < -0.4 is 5.32 Å². The number of carbonyl (C=O) groups is 4. The lowest BCUT2D eigenvalue weighted by Gasteiger charge is -2.29. The summed E-state index contributed by atoms with van der Waals surface area (Å²) < 4.78 is 39.7. The highest BCUT2D eigenvalue weighted by atomic mass is 127. The van der Waals surface area contributed by atoms with Crippen LogP contribution in [0.2, 0.25) is 0 Å². The van der Waals surface area contributed by atoms with Gasteiger partial charge in [0.1, 0.15) is 11.5 Å². The Balaban J connectivity index is 2.10. The van der Waals surface area contributed by atoms with Gasteiger partial charge in [-0.25, -0.2) is 4.68 Å². The number of Topliss-reactive ketones (excluding diaryl/α,β-unsaturated/α-hetero) is 2. The van der Waals surface area contributed by atoms with E-state index in [0.29, 0.717) is 19.3 Å². The van der Waals surface area contributed by atoms with Crippen molar-refractivity contribution in [3.05, 3.63) is 38.8 Å². The second kappa shape index (κ2) is 22.7. The minimum Gasteiger partial charge on any atom is -0.463 e. The molecule has 3 rings (SSSR count). The molecule has 20 heteroatoms. The van der Waals surface area contributed by atoms with Crippen LogP contribution in [-0.2, 0) is 33.2 Å². The molecule has 314 valence electrons. The van der Waals surface area contributed by atoms with Gasteiger partial charge in [0, 0.05) is 47.5 Å². The lowest BCUT2D eigenvalue weighted by atomic mass is 9.84. The number of benzene rings is 1. The highest BCUT2D eigenvalue weighted by Gasteiger charge is 2.48. The number of esters is 1. The number of carbonyl (C=O) groups excluding carboxylic acids is 4. The van der Waals surface area contributed by atoms with Crippen molar-refractivity contribution in [2.75, 3.05) is 26.4 Å². The molecule has 0 bridgehead atoms. The second-order valence-corrected chi connectivity index (χ2v) is 17.1. The number of aromatic nitrogens is 3. The maximum absolute atomic E-state index is 16.4. The minimum atomic E-state index is -3.56. The number of aryl methyl sites for hydroxylation is 2. The van der Waals surface area contributed by atoms with Gasteiger partial charge in [-0.1, -0.05) is 18.6 Å². The van der Waals surface area contributed by atoms with E-state index in [-0.39, 0.29) is 78.3 Å². The molecule has 0 saturated heterocycles. The average molecular weight is 1130 g/mol. The van der Waals surface area contributed by atoms with Gasteiger partial charge in [0.05, 0.1) is 68.5 Å². The van der Waals surface area contributed by atoms with E-state index in [0.717, 1.165) is 4.68 Å². The quantitative estimate of drug-likeness (QED) is 0.0541. The van der Waals surface area contributed by atoms with E-state index >= 15 is 8.78 Å². The molecule has 15 nitrogen and oxygen atoms in total. The number of ether oxygens (including phenoxy) is 1. The maximum Gasteiger partial charge on any atom is 0.306 e. The van der Waals surface area contributed by atoms with Gasteiger partial charge in [-0.15, -0.1) is 5.10 Å². The Morgan fingerprint density at radius 1 is 0.946 bits per heavy atom. The number of alkyl halides is 2. The van der Waals surface area contributed by atoms with Crippen molar-refractivity contribution >= 4 is 91.2 Å². The number of amides is 1. The van der Waals surface area contributed by atoms with Crippen LogP contribution in [0.5, 0.6) is 0 Å². The number of nitrogens with one attached hydrogen (secondary N) is 1. The minimum absolute atomic E-state index is 0.0195. The first kappa shape index (κ1) is 48.8. The maximum atomic E-state index is 16.4. The van der Waals surface area contributed by atoms with Gasteiger partial charge in [-0.05, 0) is 119 Å². The summed E-state index contributed by atoms with van der Waals surface area (Å²) in [5.74, 6) is -8.89. The van der Waals surface area contributed by atoms with Crippen LogP contribution in [0, 0.1) is 16.6 Å². The molecular formula is C36H49F2I3N4O11. The monoisotopic (exact) mass is 1130 g/mol. The van der Waals surface area contributed by atoms with Crippen LogP contribution in [0.4, 0.5) is 8.78 Å². The van der Waals surface area contributed by atoms with E-state index in [1.54, 1.807) is 29.5 Å². The molecule has 0 spiro atoms. The molecule has 1 aliphatic rings. The first-order valence-corrected chi connectivity index (χ1v) is 21.6. The molecule has 1 amide bonds. The summed E-state index contributed by atoms with van der Waals surface area (Å²) in [7, 11) is 0. The third-order valence-electron chi connectivity index (χ3n) is 9.68. The fraction of sp³-hybridized carbons (Fsp3) is 0.667. The van der Waals surface area contributed by atoms with Gasteiger partial charge in [0.2, 0.25) is 0 Å². The van der Waals surface area contributed by atoms with Gasteiger partial charge >= 0.3 is 5.97 Å². The number of halogens is 5. The molecule has 1 aliphatic carbocycles. The number of aliphatic hydroxyl groups excluding tert-OH is 6. The molecule has 0 fully saturated rings. The summed E-state index contributed by atoms with van der Waals surface area (Å²) >= 11 is 5.49. The third kappa shape index (κ3) is 12.5. The summed E-state index contributed by atoms with van der Waals surface area (Å²) in [4.78, 5) is 54.3. The number of hydrogen-bond donors (Lipinski definition) is 7. The Morgan fingerprint density at radius 2 is 1.59 bits per heavy atom. The largest absolute Gasteiger partial charge is 0.463 e. The topological polar surface area (TPSA) is 242 Å². The van der Waals surface area contributed by atoms with Crippen molar-refractivity contribution < 1.29 is 63.3 Å². The van der Waals surface area contributed by atoms with Crippen molar-refractivity contribution in [2.45, 2.75) is 121 Å². The first-order chi connectivity index (χ1) is 26.4. The molecule has 0 radical (unpaired) electrons. The fourth-order valence-electron chi connectivity index (χ4n) is 6.34. The van der Waals surface area contributed by atoms with E-state index in [1.165, 1.54) is 0 Å². The van der Waals surface area contributed by atoms with Crippen LogP contribution in [0.15, 0.2) is 0 Å². The molecule has 0 aliphatic heterocycles. The molecule has 1 aromatic carbocycles. The fourth-order valence-corrected chi connectivity index (χ4v) is 11.4. The normalized spacial score (nSPS) is 18.1. The zero-order valence-electron chi connectivity index (χ0n) is 31.0. The highest BCUT2D eigenvalue weighted by molar-refractivity contribution is 14.1. The Hall–Kier alpha value is -1.55. The molecule has 2 aromatic rings. The lowest BCUT2D eigenvalue weighted by Crippen LogP contribution is -2.36. The van der Waals surface area contributed by atoms with Crippen LogP contribution in [0.1, 0.15) is 115 Å². The van der Waals surface area contributed by atoms with Gasteiger partial charge in [-0.2, -0.15) is 8.78 Å². The highest BCUT2D eigenvalue weighted by Crippen LogP contribution is 2.44. The molecule has 6 atom stereocenters. The predicted octanol–water partition coefficient (Wildman–Crippen LogP) is 3.14. The second-order valence-electron chi connectivity index (χ2n) is 13.9. The Bertz CT molecular complexity index is 1650. The third-order valence-corrected chi connectivity index (χ3v) is 13.0. The van der Waals surface area contributed by atoms with E-state index < -0.39 is 104 Å². The van der Waals surface area contributed by atoms with E-state index in [1.807, 2.05) is 52.1 Å². The zero-order chi connectivity index (χ0) is 41.9. The van der Waals surface area contributed by atoms with E-state index in [4.69, 9.17) is 4.74 Å². The zero-order valence-corrected chi connectivity index (χ0v) is 37.5. The van der Waals surface area contributed by atoms with Crippen molar-refractivity contribution in [1.82, 2.24) is 20.3 Å². The summed E-state index contributed by atoms with van der Waals surface area (Å²) in [5, 5.41) is 69.4. The lowest BCUT2D eigenvalue weighted by molar-refractivity contribution is -0.156. The summed E-state index contributed by atoms with van der Waals surface area (Å²) in [6.45, 7) is 0.768. The van der Waals surface area contributed by atoms with Crippen LogP contribution in [0.25, 0.3) is 0 Å². The number of fused-ring (bicyclic) bond motifs is 1. The standard InChI is InChI=1S/C36H49F2I3N4O11/c1-3-18(2)56-27(54)12-19-6-4-5-7-24-34(36(19,37)38)45(44-43-24)11-10-25(52)23(13-21(50)16-47)28-31(39)29(26(53)9-8-20(49)15-46)33(41)30(32(28)40)35(55)42-14-22(51)17-48/h18-23,46-51H,3-17H2,1-2H3,(H,42,55). The Morgan fingerprint density at radius 3 is 2.21 bits per heavy atom. The van der Waals surface area contributed by atoms with Gasteiger partial charge in [0.15, 0.2) is 5.78 Å². The first-order valence-electron chi connectivity index (χ1n) is 18.3. The number of hydrogen-bond acceptors (Lipinski definition) is 13. The van der Waals surface area contributed by atoms with Crippen molar-refractivity contribution in [1.29, 1.82) is 0 Å². The SMILES string of the molecule is CCC(C)OC(=O)CC1CCCCc2nnn(CCC(=O)C(CC(O)CO)c3c(I)c(C(=O)CCC(O)CO)c(I)c(C(=O)NCC(O)CO)c3I)c2C1(F)F. The van der Waals surface area contributed by atoms with E-state index in [2.05, 4.69) is 15.6 Å². The van der Waals surface area contributed by atoms with Crippen LogP contribution >= 0.6 is 67.8 Å².